The summed E-state index contributed by atoms with van der Waals surface area (Å²) in [5.74, 6) is -9.05. The van der Waals surface area contributed by atoms with E-state index in [9.17, 15) is 47.9 Å². The van der Waals surface area contributed by atoms with E-state index in [1.807, 2.05) is 30.3 Å². The molecule has 562 valence electrons. The van der Waals surface area contributed by atoms with Gasteiger partial charge in [-0.15, -0.1) is 5.10 Å². The molecule has 4 rings (SSSR count). The summed E-state index contributed by atoms with van der Waals surface area (Å²) in [5.41, 5.74) is 43.3. The Morgan fingerprint density at radius 3 is 0.970 bits per heavy atom. The fraction of sp³-hybridized carbons (Fsp3) is 0.643. The van der Waals surface area contributed by atoms with Crippen molar-refractivity contribution in [2.75, 3.05) is 39.3 Å². The van der Waals surface area contributed by atoms with Crippen molar-refractivity contribution < 1.29 is 52.7 Å². The number of nitrogens with zero attached hydrogens (tertiary/aromatic N) is 3. The Balaban J connectivity index is 1.93. The SMILES string of the molecule is CC(C)C[C@@H]1NC(=O)[C@H](CCCCN)NC(=O)[C@H](CCCCN)NC(=O)[C@H](Cc2ccccc2)NC(=O)[C@H](CCCCN)NC(=O)[C@H](CCCCN)NC(=O)[C@H](CCCCn2cc(-c3ccccc3)nn2)NC(=O)[C@H](CCCCN)NC(=O)[C@H](CCCCN)NC(=O)[C@H](CCC(N)=O)NC1=O. The zero-order chi connectivity index (χ0) is 73.9. The van der Waals surface area contributed by atoms with Gasteiger partial charge >= 0.3 is 0 Å². The van der Waals surface area contributed by atoms with Crippen LogP contribution in [0.25, 0.3) is 11.3 Å². The molecule has 24 N–H and O–H groups in total. The second kappa shape index (κ2) is 48.4. The Kier molecular flexibility index (Phi) is 40.7. The number of hydrogen-bond acceptors (Lipinski definition) is 19. The molecular weight excluding hydrogens is 1300 g/mol. The van der Waals surface area contributed by atoms with Crippen LogP contribution in [0.3, 0.4) is 0 Å². The molecular formula is C70H116N20O11. The Morgan fingerprint density at radius 1 is 0.376 bits per heavy atom. The Hall–Kier alpha value is -8.49. The normalized spacial score (nSPS) is 22.3. The topological polar surface area (TPSA) is 521 Å². The predicted octanol–water partition coefficient (Wildman–Crippen LogP) is -0.695. The molecule has 31 nitrogen and oxygen atoms in total. The lowest BCUT2D eigenvalue weighted by molar-refractivity contribution is -0.137. The van der Waals surface area contributed by atoms with Gasteiger partial charge < -0.3 is 93.3 Å². The average molecular weight is 1410 g/mol. The van der Waals surface area contributed by atoms with Gasteiger partial charge in [0.1, 0.15) is 66.1 Å². The highest BCUT2D eigenvalue weighted by atomic mass is 16.2. The van der Waals surface area contributed by atoms with Gasteiger partial charge in [-0.05, 0) is 198 Å². The molecule has 0 aliphatic carbocycles. The first-order valence-electron chi connectivity index (χ1n) is 36.2. The molecule has 1 aliphatic heterocycles. The minimum absolute atomic E-state index is 0.00961. The van der Waals surface area contributed by atoms with E-state index in [2.05, 4.69) is 63.5 Å². The lowest BCUT2D eigenvalue weighted by atomic mass is 10.00. The van der Waals surface area contributed by atoms with Gasteiger partial charge in [0.25, 0.3) is 0 Å². The van der Waals surface area contributed by atoms with Crippen molar-refractivity contribution in [2.45, 2.75) is 241 Å². The number of nitrogens with one attached hydrogen (secondary N) is 10. The summed E-state index contributed by atoms with van der Waals surface area (Å²) in [7, 11) is 0. The van der Waals surface area contributed by atoms with Crippen molar-refractivity contribution in [1.82, 2.24) is 68.2 Å². The van der Waals surface area contributed by atoms with Gasteiger partial charge in [0, 0.05) is 24.9 Å². The molecule has 1 saturated heterocycles. The fourth-order valence-corrected chi connectivity index (χ4v) is 11.7. The van der Waals surface area contributed by atoms with Crippen molar-refractivity contribution in [2.24, 2.45) is 46.1 Å². The monoisotopic (exact) mass is 1410 g/mol. The van der Waals surface area contributed by atoms with Crippen molar-refractivity contribution in [1.29, 1.82) is 0 Å². The number of rotatable bonds is 37. The number of benzene rings is 2. The summed E-state index contributed by atoms with van der Waals surface area (Å²) < 4.78 is 1.66. The van der Waals surface area contributed by atoms with Crippen molar-refractivity contribution in [3.05, 3.63) is 72.4 Å². The highest BCUT2D eigenvalue weighted by Gasteiger charge is 2.37. The van der Waals surface area contributed by atoms with Gasteiger partial charge in [0.15, 0.2) is 0 Å². The van der Waals surface area contributed by atoms with Gasteiger partial charge in [-0.1, -0.05) is 79.7 Å². The molecule has 2 heterocycles. The molecule has 0 radical (unpaired) electrons. The van der Waals surface area contributed by atoms with Crippen LogP contribution in [-0.2, 0) is 65.7 Å². The molecule has 0 unspecified atom stereocenters. The first kappa shape index (κ1) is 84.9. The first-order chi connectivity index (χ1) is 48.6. The second-order valence-electron chi connectivity index (χ2n) is 26.4. The smallest absolute Gasteiger partial charge is 0.243 e. The van der Waals surface area contributed by atoms with Crippen LogP contribution in [0.15, 0.2) is 66.9 Å². The summed E-state index contributed by atoms with van der Waals surface area (Å²) in [4.78, 5) is 161. The number of nitrogens with two attached hydrogens (primary N) is 7. The Morgan fingerprint density at radius 2 is 0.653 bits per heavy atom. The van der Waals surface area contributed by atoms with E-state index in [-0.39, 0.29) is 109 Å². The zero-order valence-corrected chi connectivity index (χ0v) is 59.2. The number of carbonyl (C=O) groups is 11. The van der Waals surface area contributed by atoms with Crippen LogP contribution in [0, 0.1) is 5.92 Å². The van der Waals surface area contributed by atoms with Crippen LogP contribution in [0.4, 0.5) is 0 Å². The predicted molar refractivity (Wildman–Crippen MR) is 384 cm³/mol. The van der Waals surface area contributed by atoms with Crippen LogP contribution in [-0.4, -0.2) is 180 Å². The molecule has 2 aromatic carbocycles. The maximum atomic E-state index is 15.1. The zero-order valence-electron chi connectivity index (χ0n) is 59.2. The second-order valence-corrected chi connectivity index (χ2v) is 26.4. The number of aryl methyl sites for hydroxylation is 1. The van der Waals surface area contributed by atoms with Crippen LogP contribution >= 0.6 is 0 Å². The summed E-state index contributed by atoms with van der Waals surface area (Å²) in [5, 5.41) is 36.7. The van der Waals surface area contributed by atoms with E-state index in [1.54, 1.807) is 55.1 Å². The molecule has 11 amide bonds. The van der Waals surface area contributed by atoms with Crippen molar-refractivity contribution in [3.8, 4) is 11.3 Å². The third kappa shape index (κ3) is 32.4. The fourth-order valence-electron chi connectivity index (χ4n) is 11.7. The van der Waals surface area contributed by atoms with E-state index in [1.165, 1.54) is 0 Å². The minimum Gasteiger partial charge on any atom is -0.370 e. The number of unbranched alkanes of at least 4 members (excludes halogenated alkanes) is 7. The van der Waals surface area contributed by atoms with E-state index in [0.717, 1.165) is 5.56 Å². The third-order valence-electron chi connectivity index (χ3n) is 17.4. The van der Waals surface area contributed by atoms with Crippen LogP contribution in [0.1, 0.15) is 174 Å². The number of primary amides is 1. The summed E-state index contributed by atoms with van der Waals surface area (Å²) >= 11 is 0. The molecule has 3 aromatic rings. The molecule has 10 atom stereocenters. The van der Waals surface area contributed by atoms with Crippen LogP contribution < -0.4 is 93.3 Å². The van der Waals surface area contributed by atoms with Crippen molar-refractivity contribution >= 4 is 65.0 Å². The third-order valence-corrected chi connectivity index (χ3v) is 17.4. The van der Waals surface area contributed by atoms with Crippen LogP contribution in [0.5, 0.6) is 0 Å². The lowest BCUT2D eigenvalue weighted by Gasteiger charge is -2.29. The van der Waals surface area contributed by atoms with E-state index in [4.69, 9.17) is 40.1 Å². The average Bonchev–Trinajstić information content (AvgIpc) is 1.23. The summed E-state index contributed by atoms with van der Waals surface area (Å²) in [6, 6.07) is 4.69. The Labute approximate surface area is 593 Å². The minimum atomic E-state index is -1.53. The molecule has 0 spiro atoms. The summed E-state index contributed by atoms with van der Waals surface area (Å²) in [6.07, 6.45) is 6.52. The number of hydrogen-bond donors (Lipinski definition) is 17. The van der Waals surface area contributed by atoms with Gasteiger partial charge in [-0.2, -0.15) is 0 Å². The highest BCUT2D eigenvalue weighted by molar-refractivity contribution is 5.99. The van der Waals surface area contributed by atoms with E-state index in [0.29, 0.717) is 108 Å². The standard InChI is InChI=1S/C70H116N20O11/c1-46(2)43-57-69(100)85-56(34-35-60(77)91)68(99)83-51(29-11-18-38-73)63(94)78-50(28-10-17-37-72)62(93)82-55(33-15-22-42-90-45-59(88-89-90)48-25-7-4-8-26-48)65(96)79-49(27-9-16-36-71)61(92)81-54(32-14-21-41-76)67(98)87-58(44-47-23-5-3-6-24-47)70(101)84-52(30-12-19-39-74)64(95)80-53(66(97)86-57)31-13-20-40-75/h3-8,23-26,45-46,49-58H,9-22,27-44,71-76H2,1-2H3,(H2,77,91)(H,78,94)(H,79,96)(H,80,95)(H,81,92)(H,82,93)(H,83,99)(H,84,101)(H,85,100)(H,86,97)(H,87,98)/t49-,50-,51-,52-,53-,54-,55-,56-,57-,58-/m0/s1. The quantitative estimate of drug-likeness (QED) is 0.0318. The molecule has 0 bridgehead atoms. The van der Waals surface area contributed by atoms with Crippen molar-refractivity contribution in [3.63, 3.8) is 0 Å². The molecule has 1 aliphatic rings. The number of amides is 11. The number of carbonyl (C=O) groups excluding carboxylic acids is 11. The van der Waals surface area contributed by atoms with E-state index < -0.39 is 132 Å². The lowest BCUT2D eigenvalue weighted by Crippen LogP contribution is -2.61. The molecule has 1 fully saturated rings. The van der Waals surface area contributed by atoms with Gasteiger partial charge in [0.2, 0.25) is 65.0 Å². The molecule has 101 heavy (non-hydrogen) atoms. The maximum Gasteiger partial charge on any atom is 0.243 e. The van der Waals surface area contributed by atoms with Gasteiger partial charge in [-0.3, -0.25) is 57.4 Å². The maximum absolute atomic E-state index is 15.1. The molecule has 0 saturated carbocycles. The van der Waals surface area contributed by atoms with E-state index >= 15 is 4.79 Å². The first-order valence-corrected chi connectivity index (χ1v) is 36.2. The molecule has 31 heteroatoms. The Bertz CT molecular complexity index is 3020. The highest BCUT2D eigenvalue weighted by Crippen LogP contribution is 2.18. The van der Waals surface area contributed by atoms with Crippen LogP contribution in [0.2, 0.25) is 0 Å². The molecule has 1 aromatic heterocycles. The largest absolute Gasteiger partial charge is 0.370 e. The van der Waals surface area contributed by atoms with Gasteiger partial charge in [0.05, 0.1) is 6.20 Å². The van der Waals surface area contributed by atoms with Gasteiger partial charge in [-0.25, -0.2) is 0 Å². The number of aromatic nitrogens is 3. The summed E-state index contributed by atoms with van der Waals surface area (Å²) in [6.45, 7) is 5.42.